The lowest BCUT2D eigenvalue weighted by Crippen LogP contribution is -2.39. The molecule has 0 radical (unpaired) electrons. The highest BCUT2D eigenvalue weighted by Crippen LogP contribution is 2.41. The zero-order chi connectivity index (χ0) is 15.7. The van der Waals surface area contributed by atoms with Crippen LogP contribution in [0.3, 0.4) is 0 Å². The van der Waals surface area contributed by atoms with Crippen molar-refractivity contribution in [1.29, 1.82) is 0 Å². The van der Waals surface area contributed by atoms with Crippen molar-refractivity contribution in [3.63, 3.8) is 0 Å². The summed E-state index contributed by atoms with van der Waals surface area (Å²) in [5.74, 6) is 0.624. The van der Waals surface area contributed by atoms with Crippen LogP contribution in [-0.2, 0) is 9.59 Å². The Kier molecular flexibility index (Phi) is 4.19. The molecule has 1 saturated carbocycles. The van der Waals surface area contributed by atoms with Crippen molar-refractivity contribution in [2.45, 2.75) is 33.1 Å². The van der Waals surface area contributed by atoms with Gasteiger partial charge in [0.1, 0.15) is 0 Å². The van der Waals surface area contributed by atoms with Gasteiger partial charge in [0.2, 0.25) is 11.8 Å². The summed E-state index contributed by atoms with van der Waals surface area (Å²) in [5, 5.41) is 2.92. The highest BCUT2D eigenvalue weighted by Gasteiger charge is 2.49. The second kappa shape index (κ2) is 6.11. The number of carbonyl (C=O) groups is 2. The van der Waals surface area contributed by atoms with E-state index in [0.717, 1.165) is 37.2 Å². The number of piperidine rings is 1. The lowest BCUT2D eigenvalue weighted by molar-refractivity contribution is -0.135. The summed E-state index contributed by atoms with van der Waals surface area (Å²) in [6.07, 6.45) is 2.86. The first-order valence-corrected chi connectivity index (χ1v) is 8.21. The Morgan fingerprint density at radius 3 is 2.36 bits per heavy atom. The monoisotopic (exact) mass is 300 g/mol. The van der Waals surface area contributed by atoms with Gasteiger partial charge in [-0.3, -0.25) is 9.59 Å². The molecule has 1 aliphatic carbocycles. The molecule has 22 heavy (non-hydrogen) atoms. The number of carbonyl (C=O) groups excluding carboxylic acids is 2. The molecule has 1 aliphatic heterocycles. The molecule has 0 aromatic heterocycles. The first-order valence-electron chi connectivity index (χ1n) is 8.21. The third kappa shape index (κ3) is 3.32. The molecule has 2 amide bonds. The van der Waals surface area contributed by atoms with Crippen LogP contribution in [0.1, 0.15) is 31.7 Å². The Bertz CT molecular complexity index is 559. The fraction of sp³-hybridized carbons (Fsp3) is 0.556. The molecule has 4 nitrogen and oxygen atoms in total. The molecule has 118 valence electrons. The summed E-state index contributed by atoms with van der Waals surface area (Å²) in [4.78, 5) is 26.6. The van der Waals surface area contributed by atoms with Gasteiger partial charge in [0.05, 0.1) is 11.8 Å². The van der Waals surface area contributed by atoms with E-state index in [2.05, 4.69) is 12.2 Å². The third-order valence-corrected chi connectivity index (χ3v) is 4.86. The standard InChI is InChI=1S/C18H24N2O2/c1-12-3-5-14(6-4-12)19-17(21)15-11-16(15)18(22)20-9-7-13(2)8-10-20/h3-6,13,15-16H,7-11H2,1-2H3,(H,19,21). The van der Waals surface area contributed by atoms with Gasteiger partial charge in [0.15, 0.2) is 0 Å². The van der Waals surface area contributed by atoms with Crippen LogP contribution < -0.4 is 5.32 Å². The van der Waals surface area contributed by atoms with Crippen LogP contribution in [0, 0.1) is 24.7 Å². The summed E-state index contributed by atoms with van der Waals surface area (Å²) in [6.45, 7) is 5.95. The van der Waals surface area contributed by atoms with Gasteiger partial charge >= 0.3 is 0 Å². The Labute approximate surface area is 131 Å². The second-order valence-electron chi connectivity index (χ2n) is 6.81. The van der Waals surface area contributed by atoms with Crippen molar-refractivity contribution in [3.05, 3.63) is 29.8 Å². The first kappa shape index (κ1) is 15.1. The van der Waals surface area contributed by atoms with Crippen molar-refractivity contribution in [2.75, 3.05) is 18.4 Å². The van der Waals surface area contributed by atoms with Gasteiger partial charge in [-0.1, -0.05) is 24.6 Å². The van der Waals surface area contributed by atoms with E-state index in [1.165, 1.54) is 0 Å². The van der Waals surface area contributed by atoms with Crippen LogP contribution >= 0.6 is 0 Å². The number of anilines is 1. The maximum Gasteiger partial charge on any atom is 0.228 e. The topological polar surface area (TPSA) is 49.4 Å². The minimum atomic E-state index is -0.145. The second-order valence-corrected chi connectivity index (χ2v) is 6.81. The summed E-state index contributed by atoms with van der Waals surface area (Å²) >= 11 is 0. The molecule has 2 unspecified atom stereocenters. The van der Waals surface area contributed by atoms with E-state index in [-0.39, 0.29) is 23.7 Å². The molecule has 0 spiro atoms. The zero-order valence-corrected chi connectivity index (χ0v) is 13.3. The molecule has 1 aromatic rings. The van der Waals surface area contributed by atoms with Crippen LogP contribution in [0.15, 0.2) is 24.3 Å². The van der Waals surface area contributed by atoms with Crippen molar-refractivity contribution >= 4 is 17.5 Å². The van der Waals surface area contributed by atoms with Crippen molar-refractivity contribution in [2.24, 2.45) is 17.8 Å². The smallest absolute Gasteiger partial charge is 0.228 e. The number of likely N-dealkylation sites (tertiary alicyclic amines) is 1. The number of nitrogens with one attached hydrogen (secondary N) is 1. The fourth-order valence-corrected chi connectivity index (χ4v) is 3.09. The van der Waals surface area contributed by atoms with E-state index in [9.17, 15) is 9.59 Å². The lowest BCUT2D eigenvalue weighted by Gasteiger charge is -2.30. The van der Waals surface area contributed by atoms with Crippen LogP contribution in [-0.4, -0.2) is 29.8 Å². The molecule has 3 rings (SSSR count). The molecule has 2 aliphatic rings. The van der Waals surface area contributed by atoms with Crippen LogP contribution in [0.2, 0.25) is 0 Å². The van der Waals surface area contributed by atoms with Gasteiger partial charge in [0, 0.05) is 18.8 Å². The number of hydrogen-bond donors (Lipinski definition) is 1. The normalized spacial score (nSPS) is 24.9. The summed E-state index contributed by atoms with van der Waals surface area (Å²) < 4.78 is 0. The minimum Gasteiger partial charge on any atom is -0.342 e. The van der Waals surface area contributed by atoms with E-state index in [1.54, 1.807) is 0 Å². The van der Waals surface area contributed by atoms with Crippen molar-refractivity contribution < 1.29 is 9.59 Å². The average molecular weight is 300 g/mol. The van der Waals surface area contributed by atoms with Crippen molar-refractivity contribution in [1.82, 2.24) is 4.90 Å². The van der Waals surface area contributed by atoms with Gasteiger partial charge in [-0.15, -0.1) is 0 Å². The van der Waals surface area contributed by atoms with Crippen LogP contribution in [0.4, 0.5) is 5.69 Å². The number of hydrogen-bond acceptors (Lipinski definition) is 2. The molecular formula is C18H24N2O2. The predicted octanol–water partition coefficient (Wildman–Crippen LogP) is 2.83. The Balaban J connectivity index is 1.51. The number of nitrogens with zero attached hydrogens (tertiary/aromatic N) is 1. The highest BCUT2D eigenvalue weighted by atomic mass is 16.2. The molecule has 1 aromatic carbocycles. The van der Waals surface area contributed by atoms with Gasteiger partial charge in [-0.05, 0) is 44.2 Å². The van der Waals surface area contributed by atoms with Gasteiger partial charge in [0.25, 0.3) is 0 Å². The molecular weight excluding hydrogens is 276 g/mol. The van der Waals surface area contributed by atoms with Gasteiger partial charge < -0.3 is 10.2 Å². The fourth-order valence-electron chi connectivity index (χ4n) is 3.09. The largest absolute Gasteiger partial charge is 0.342 e. The third-order valence-electron chi connectivity index (χ3n) is 4.86. The lowest BCUT2D eigenvalue weighted by atomic mass is 9.99. The van der Waals surface area contributed by atoms with E-state index in [0.29, 0.717) is 12.3 Å². The quantitative estimate of drug-likeness (QED) is 0.933. The SMILES string of the molecule is Cc1ccc(NC(=O)C2CC2C(=O)N2CCC(C)CC2)cc1. The molecule has 1 N–H and O–H groups in total. The number of benzene rings is 1. The van der Waals surface area contributed by atoms with Crippen molar-refractivity contribution in [3.8, 4) is 0 Å². The number of aryl methyl sites for hydroxylation is 1. The Morgan fingerprint density at radius 2 is 1.73 bits per heavy atom. The molecule has 4 heteroatoms. The maximum atomic E-state index is 12.4. The highest BCUT2D eigenvalue weighted by molar-refractivity contribution is 5.99. The number of rotatable bonds is 3. The van der Waals surface area contributed by atoms with Gasteiger partial charge in [-0.25, -0.2) is 0 Å². The minimum absolute atomic E-state index is 0.0208. The molecule has 1 saturated heterocycles. The van der Waals surface area contributed by atoms with Crippen LogP contribution in [0.25, 0.3) is 0 Å². The summed E-state index contributed by atoms with van der Waals surface area (Å²) in [7, 11) is 0. The van der Waals surface area contributed by atoms with E-state index >= 15 is 0 Å². The molecule has 1 heterocycles. The van der Waals surface area contributed by atoms with E-state index in [1.807, 2.05) is 36.1 Å². The molecule has 2 fully saturated rings. The molecule has 2 atom stereocenters. The van der Waals surface area contributed by atoms with E-state index < -0.39 is 0 Å². The Morgan fingerprint density at radius 1 is 1.09 bits per heavy atom. The number of amides is 2. The zero-order valence-electron chi connectivity index (χ0n) is 13.3. The maximum absolute atomic E-state index is 12.4. The average Bonchev–Trinajstić information content (AvgIpc) is 3.30. The first-order chi connectivity index (χ1) is 10.5. The molecule has 0 bridgehead atoms. The summed E-state index contributed by atoms with van der Waals surface area (Å²) in [5.41, 5.74) is 1.97. The predicted molar refractivity (Wildman–Crippen MR) is 86.4 cm³/mol. The van der Waals surface area contributed by atoms with Crippen LogP contribution in [0.5, 0.6) is 0 Å². The van der Waals surface area contributed by atoms with Gasteiger partial charge in [-0.2, -0.15) is 0 Å². The van der Waals surface area contributed by atoms with E-state index in [4.69, 9.17) is 0 Å². The summed E-state index contributed by atoms with van der Waals surface area (Å²) in [6, 6.07) is 7.75. The Hall–Kier alpha value is -1.84.